The van der Waals surface area contributed by atoms with Crippen LogP contribution >= 0.6 is 0 Å². The first-order valence-electron chi connectivity index (χ1n) is 7.81. The maximum Gasteiger partial charge on any atom is 0.120 e. The minimum Gasteiger partial charge on any atom is -0.493 e. The molecule has 0 rings (SSSR count). The maximum atomic E-state index is 5.74. The Morgan fingerprint density at radius 3 is 2.68 bits per heavy atom. The van der Waals surface area contributed by atoms with Crippen LogP contribution in [0.5, 0.6) is 0 Å². The second-order valence-corrected chi connectivity index (χ2v) is 4.88. The molecule has 0 bridgehead atoms. The Hall–Kier alpha value is -1.81. The number of allylic oxidation sites excluding steroid dienone is 3. The zero-order valence-electron chi connectivity index (χ0n) is 14.3. The number of aliphatic imine (C=N–C) groups is 1. The summed E-state index contributed by atoms with van der Waals surface area (Å²) in [6.45, 7) is 12.0. The summed E-state index contributed by atoms with van der Waals surface area (Å²) in [5, 5.41) is 6.42. The standard InChI is InChI=1S/C18H31N3O/c1-6-10-17(8-3)22-15-16(7-2)12-14-21-18(20-5)11-9-13-19-4/h6,8-11,16,19H,1,3,7,12-15H2,2,4-5H3,(H,20,21)/b11-9-,17-10+. The molecule has 4 nitrogen and oxygen atoms in total. The van der Waals surface area contributed by atoms with E-state index in [1.807, 2.05) is 25.3 Å². The zero-order chi connectivity index (χ0) is 16.6. The number of likely N-dealkylation sites (N-methyl/N-ethyl adjacent to an activating group) is 1. The topological polar surface area (TPSA) is 45.6 Å². The Bertz CT molecular complexity index is 397. The van der Waals surface area contributed by atoms with Gasteiger partial charge in [0, 0.05) is 20.1 Å². The van der Waals surface area contributed by atoms with E-state index in [0.29, 0.717) is 12.5 Å². The van der Waals surface area contributed by atoms with E-state index in [1.165, 1.54) is 0 Å². The Morgan fingerprint density at radius 2 is 2.14 bits per heavy atom. The van der Waals surface area contributed by atoms with Gasteiger partial charge in [-0.25, -0.2) is 0 Å². The highest BCUT2D eigenvalue weighted by molar-refractivity contribution is 5.92. The van der Waals surface area contributed by atoms with Gasteiger partial charge in [0.1, 0.15) is 11.6 Å². The average Bonchev–Trinajstić information content (AvgIpc) is 2.55. The molecule has 0 fully saturated rings. The van der Waals surface area contributed by atoms with Crippen LogP contribution in [0.1, 0.15) is 19.8 Å². The van der Waals surface area contributed by atoms with Gasteiger partial charge in [-0.3, -0.25) is 4.99 Å². The SMILES string of the molecule is C=C/C=C(\C=C)OCC(CC)CCNC(/C=C\CNC)=NC. The minimum atomic E-state index is 0.500. The van der Waals surface area contributed by atoms with Crippen molar-refractivity contribution in [2.75, 3.05) is 33.8 Å². The number of hydrogen-bond donors (Lipinski definition) is 2. The molecule has 0 aliphatic heterocycles. The summed E-state index contributed by atoms with van der Waals surface area (Å²) in [7, 11) is 3.72. The van der Waals surface area contributed by atoms with Crippen molar-refractivity contribution in [1.29, 1.82) is 0 Å². The van der Waals surface area contributed by atoms with Crippen LogP contribution in [-0.2, 0) is 4.74 Å². The Kier molecular flexibility index (Phi) is 13.0. The van der Waals surface area contributed by atoms with Crippen molar-refractivity contribution in [1.82, 2.24) is 10.6 Å². The molecule has 0 heterocycles. The third kappa shape index (κ3) is 10.00. The third-order valence-corrected chi connectivity index (χ3v) is 3.24. The lowest BCUT2D eigenvalue weighted by molar-refractivity contribution is 0.167. The Labute approximate surface area is 135 Å². The Morgan fingerprint density at radius 1 is 1.36 bits per heavy atom. The van der Waals surface area contributed by atoms with E-state index < -0.39 is 0 Å². The zero-order valence-corrected chi connectivity index (χ0v) is 14.3. The van der Waals surface area contributed by atoms with Gasteiger partial charge in [0.2, 0.25) is 0 Å². The smallest absolute Gasteiger partial charge is 0.120 e. The highest BCUT2D eigenvalue weighted by Gasteiger charge is 2.07. The normalized spacial score (nSPS) is 14.0. The summed E-state index contributed by atoms with van der Waals surface area (Å²) in [5.74, 6) is 2.18. The minimum absolute atomic E-state index is 0.500. The molecule has 0 spiro atoms. The highest BCUT2D eigenvalue weighted by Crippen LogP contribution is 2.11. The molecule has 0 aliphatic carbocycles. The second-order valence-electron chi connectivity index (χ2n) is 4.88. The van der Waals surface area contributed by atoms with Crippen LogP contribution in [0.25, 0.3) is 0 Å². The maximum absolute atomic E-state index is 5.74. The van der Waals surface area contributed by atoms with E-state index in [9.17, 15) is 0 Å². The molecular weight excluding hydrogens is 274 g/mol. The van der Waals surface area contributed by atoms with Gasteiger partial charge >= 0.3 is 0 Å². The van der Waals surface area contributed by atoms with E-state index >= 15 is 0 Å². The second kappa shape index (κ2) is 14.1. The fourth-order valence-corrected chi connectivity index (χ4v) is 1.82. The summed E-state index contributed by atoms with van der Waals surface area (Å²) in [4.78, 5) is 4.22. The van der Waals surface area contributed by atoms with E-state index in [-0.39, 0.29) is 0 Å². The number of hydrogen-bond acceptors (Lipinski definition) is 3. The van der Waals surface area contributed by atoms with E-state index in [4.69, 9.17) is 4.74 Å². The van der Waals surface area contributed by atoms with E-state index in [1.54, 1.807) is 19.2 Å². The summed E-state index contributed by atoms with van der Waals surface area (Å²) in [5.41, 5.74) is 0. The fourth-order valence-electron chi connectivity index (χ4n) is 1.82. The summed E-state index contributed by atoms with van der Waals surface area (Å²) in [6, 6.07) is 0. The fraction of sp³-hybridized carbons (Fsp3) is 0.500. The lowest BCUT2D eigenvalue weighted by Crippen LogP contribution is -2.25. The van der Waals surface area contributed by atoms with Crippen molar-refractivity contribution in [3.8, 4) is 0 Å². The molecule has 2 N–H and O–H groups in total. The van der Waals surface area contributed by atoms with Crippen molar-refractivity contribution < 1.29 is 4.74 Å². The van der Waals surface area contributed by atoms with Gasteiger partial charge in [-0.1, -0.05) is 32.2 Å². The molecule has 0 aromatic heterocycles. The van der Waals surface area contributed by atoms with Gasteiger partial charge in [0.15, 0.2) is 0 Å². The molecule has 0 saturated carbocycles. The first-order chi connectivity index (χ1) is 10.7. The molecule has 4 heteroatoms. The number of rotatable bonds is 12. The molecule has 0 saturated heterocycles. The van der Waals surface area contributed by atoms with E-state index in [2.05, 4.69) is 35.7 Å². The molecular formula is C18H31N3O. The van der Waals surface area contributed by atoms with Crippen LogP contribution in [0.3, 0.4) is 0 Å². The molecule has 124 valence electrons. The van der Waals surface area contributed by atoms with E-state index in [0.717, 1.165) is 37.5 Å². The number of amidine groups is 1. The van der Waals surface area contributed by atoms with Crippen molar-refractivity contribution in [3.05, 3.63) is 49.3 Å². The lowest BCUT2D eigenvalue weighted by Gasteiger charge is -2.17. The summed E-state index contributed by atoms with van der Waals surface area (Å²) in [6.07, 6.45) is 11.4. The summed E-state index contributed by atoms with van der Waals surface area (Å²) >= 11 is 0. The molecule has 0 aromatic carbocycles. The van der Waals surface area contributed by atoms with Crippen LogP contribution in [-0.4, -0.2) is 39.6 Å². The van der Waals surface area contributed by atoms with Gasteiger partial charge in [0.25, 0.3) is 0 Å². The highest BCUT2D eigenvalue weighted by atomic mass is 16.5. The van der Waals surface area contributed by atoms with Gasteiger partial charge in [0.05, 0.1) is 6.61 Å². The van der Waals surface area contributed by atoms with Crippen molar-refractivity contribution in [2.24, 2.45) is 10.9 Å². The molecule has 0 aliphatic rings. The quantitative estimate of drug-likeness (QED) is 0.252. The van der Waals surface area contributed by atoms with Crippen molar-refractivity contribution in [2.45, 2.75) is 19.8 Å². The van der Waals surface area contributed by atoms with Gasteiger partial charge < -0.3 is 15.4 Å². The monoisotopic (exact) mass is 305 g/mol. The Balaban J connectivity index is 4.15. The van der Waals surface area contributed by atoms with Crippen LogP contribution in [0.15, 0.2) is 54.3 Å². The van der Waals surface area contributed by atoms with Gasteiger partial charge in [-0.05, 0) is 44.0 Å². The number of nitrogens with zero attached hydrogens (tertiary/aromatic N) is 1. The largest absolute Gasteiger partial charge is 0.493 e. The molecule has 1 atom stereocenters. The molecule has 0 amide bonds. The van der Waals surface area contributed by atoms with Crippen LogP contribution < -0.4 is 10.6 Å². The summed E-state index contributed by atoms with van der Waals surface area (Å²) < 4.78 is 5.74. The average molecular weight is 305 g/mol. The van der Waals surface area contributed by atoms with Crippen LogP contribution in [0, 0.1) is 5.92 Å². The predicted molar refractivity (Wildman–Crippen MR) is 97.3 cm³/mol. The number of nitrogens with one attached hydrogen (secondary N) is 2. The first kappa shape index (κ1) is 20.2. The lowest BCUT2D eigenvalue weighted by atomic mass is 10.0. The van der Waals surface area contributed by atoms with Crippen LogP contribution in [0.2, 0.25) is 0 Å². The first-order valence-corrected chi connectivity index (χ1v) is 7.81. The van der Waals surface area contributed by atoms with Crippen molar-refractivity contribution in [3.63, 3.8) is 0 Å². The van der Waals surface area contributed by atoms with Crippen LogP contribution in [0.4, 0.5) is 0 Å². The number of ether oxygens (including phenoxy) is 1. The molecule has 0 aromatic rings. The molecule has 22 heavy (non-hydrogen) atoms. The third-order valence-electron chi connectivity index (χ3n) is 3.24. The van der Waals surface area contributed by atoms with Gasteiger partial charge in [-0.2, -0.15) is 0 Å². The predicted octanol–water partition coefficient (Wildman–Crippen LogP) is 3.07. The van der Waals surface area contributed by atoms with Crippen molar-refractivity contribution >= 4 is 5.84 Å². The molecule has 1 unspecified atom stereocenters. The van der Waals surface area contributed by atoms with Gasteiger partial charge in [-0.15, -0.1) is 0 Å². The molecule has 0 radical (unpaired) electrons.